The molecule has 0 N–H and O–H groups in total. The van der Waals surface area contributed by atoms with Crippen LogP contribution in [0, 0.1) is 0 Å². The first-order chi connectivity index (χ1) is 6.40. The molecule has 1 aromatic carbocycles. The van der Waals surface area contributed by atoms with E-state index in [1.165, 1.54) is 12.1 Å². The summed E-state index contributed by atoms with van der Waals surface area (Å²) in [6.07, 6.45) is 0. The second-order valence-corrected chi connectivity index (χ2v) is 3.44. The minimum Gasteiger partial charge on any atom is -0.545 e. The molecule has 0 aromatic heterocycles. The summed E-state index contributed by atoms with van der Waals surface area (Å²) in [6.45, 7) is 0. The highest BCUT2D eigenvalue weighted by atomic mass is 32.2. The lowest BCUT2D eigenvalue weighted by molar-refractivity contribution is -0.255. The number of aromatic carboxylic acids is 1. The average molecular weight is 221 g/mol. The molecular weight excluding hydrogens is 217 g/mol. The van der Waals surface area contributed by atoms with Gasteiger partial charge in [-0.2, -0.15) is 13.2 Å². The SMILES string of the molecule is O=C([O-])c1ccccc1SC(F)(F)F. The predicted molar refractivity (Wildman–Crippen MR) is 42.7 cm³/mol. The van der Waals surface area contributed by atoms with E-state index in [2.05, 4.69) is 0 Å². The molecule has 0 aliphatic heterocycles. The summed E-state index contributed by atoms with van der Waals surface area (Å²) in [5.74, 6) is -1.61. The van der Waals surface area contributed by atoms with Gasteiger partial charge in [0.25, 0.3) is 0 Å². The summed E-state index contributed by atoms with van der Waals surface area (Å²) in [5.41, 5.74) is -4.94. The molecule has 2 nitrogen and oxygen atoms in total. The van der Waals surface area contributed by atoms with Gasteiger partial charge < -0.3 is 9.90 Å². The van der Waals surface area contributed by atoms with Crippen molar-refractivity contribution in [1.29, 1.82) is 0 Å². The van der Waals surface area contributed by atoms with Crippen LogP contribution in [0.15, 0.2) is 29.2 Å². The lowest BCUT2D eigenvalue weighted by atomic mass is 10.2. The molecule has 0 saturated heterocycles. The van der Waals surface area contributed by atoms with Crippen LogP contribution in [0.4, 0.5) is 13.2 Å². The van der Waals surface area contributed by atoms with E-state index in [0.29, 0.717) is 0 Å². The summed E-state index contributed by atoms with van der Waals surface area (Å²) >= 11 is -0.465. The van der Waals surface area contributed by atoms with Crippen LogP contribution in [-0.2, 0) is 0 Å². The molecule has 0 spiro atoms. The quantitative estimate of drug-likeness (QED) is 0.713. The van der Waals surface area contributed by atoms with Gasteiger partial charge in [0.1, 0.15) is 0 Å². The van der Waals surface area contributed by atoms with Gasteiger partial charge in [-0.1, -0.05) is 18.2 Å². The molecule has 0 bridgehead atoms. The van der Waals surface area contributed by atoms with Crippen LogP contribution in [0.1, 0.15) is 10.4 Å². The van der Waals surface area contributed by atoms with E-state index in [1.807, 2.05) is 0 Å². The van der Waals surface area contributed by atoms with E-state index in [9.17, 15) is 23.1 Å². The highest BCUT2D eigenvalue weighted by Gasteiger charge is 2.30. The Bertz CT molecular complexity index is 349. The normalized spacial score (nSPS) is 11.4. The summed E-state index contributed by atoms with van der Waals surface area (Å²) in [7, 11) is 0. The Hall–Kier alpha value is -1.17. The highest BCUT2D eigenvalue weighted by Crippen LogP contribution is 2.38. The molecule has 0 saturated carbocycles. The fourth-order valence-electron chi connectivity index (χ4n) is 0.849. The molecule has 6 heteroatoms. The smallest absolute Gasteiger partial charge is 0.446 e. The maximum absolute atomic E-state index is 11.9. The van der Waals surface area contributed by atoms with Crippen LogP contribution in [0.2, 0.25) is 0 Å². The van der Waals surface area contributed by atoms with Gasteiger partial charge in [-0.05, 0) is 17.8 Å². The second kappa shape index (κ2) is 3.91. The Kier molecular flexibility index (Phi) is 3.05. The molecule has 0 fully saturated rings. The fraction of sp³-hybridized carbons (Fsp3) is 0.125. The van der Waals surface area contributed by atoms with Gasteiger partial charge in [0.2, 0.25) is 0 Å². The van der Waals surface area contributed by atoms with Crippen LogP contribution in [-0.4, -0.2) is 11.5 Å². The predicted octanol–water partition coefficient (Wildman–Crippen LogP) is 1.66. The number of hydrogen-bond donors (Lipinski definition) is 0. The van der Waals surface area contributed by atoms with Crippen molar-refractivity contribution >= 4 is 17.7 Å². The summed E-state index contributed by atoms with van der Waals surface area (Å²) < 4.78 is 35.8. The fourth-order valence-corrected chi connectivity index (χ4v) is 1.51. The zero-order valence-electron chi connectivity index (χ0n) is 6.67. The van der Waals surface area contributed by atoms with Crippen molar-refractivity contribution in [2.45, 2.75) is 10.4 Å². The van der Waals surface area contributed by atoms with Gasteiger partial charge in [-0.3, -0.25) is 0 Å². The number of thioether (sulfide) groups is 1. The van der Waals surface area contributed by atoms with Crippen LogP contribution in [0.25, 0.3) is 0 Å². The first-order valence-corrected chi connectivity index (χ1v) is 4.28. The second-order valence-electron chi connectivity index (χ2n) is 2.33. The zero-order valence-corrected chi connectivity index (χ0v) is 7.48. The van der Waals surface area contributed by atoms with Crippen molar-refractivity contribution < 1.29 is 23.1 Å². The Morgan fingerprint density at radius 1 is 1.29 bits per heavy atom. The number of benzene rings is 1. The molecule has 0 aliphatic rings. The Morgan fingerprint density at radius 2 is 1.86 bits per heavy atom. The zero-order chi connectivity index (χ0) is 10.8. The van der Waals surface area contributed by atoms with Gasteiger partial charge in [0.15, 0.2) is 0 Å². The molecule has 14 heavy (non-hydrogen) atoms. The van der Waals surface area contributed by atoms with Crippen LogP contribution < -0.4 is 5.11 Å². The third kappa shape index (κ3) is 2.95. The first-order valence-electron chi connectivity index (χ1n) is 3.46. The van der Waals surface area contributed by atoms with Gasteiger partial charge in [0, 0.05) is 10.5 Å². The van der Waals surface area contributed by atoms with Gasteiger partial charge in [-0.15, -0.1) is 0 Å². The Morgan fingerprint density at radius 3 is 2.36 bits per heavy atom. The summed E-state index contributed by atoms with van der Waals surface area (Å²) in [4.78, 5) is 10.1. The van der Waals surface area contributed by atoms with E-state index in [-0.39, 0.29) is 4.90 Å². The third-order valence-corrected chi connectivity index (χ3v) is 2.14. The summed E-state index contributed by atoms with van der Waals surface area (Å²) in [6, 6.07) is 4.83. The number of carbonyl (C=O) groups excluding carboxylic acids is 1. The van der Waals surface area contributed by atoms with Crippen LogP contribution >= 0.6 is 11.8 Å². The lowest BCUT2D eigenvalue weighted by Gasteiger charge is -2.10. The van der Waals surface area contributed by atoms with E-state index in [4.69, 9.17) is 0 Å². The van der Waals surface area contributed by atoms with Crippen LogP contribution in [0.3, 0.4) is 0 Å². The molecule has 0 heterocycles. The minimum absolute atomic E-state index is 0.361. The van der Waals surface area contributed by atoms with Crippen molar-refractivity contribution in [2.24, 2.45) is 0 Å². The molecule has 76 valence electrons. The molecule has 0 unspecified atom stereocenters. The van der Waals surface area contributed by atoms with Gasteiger partial charge in [-0.25, -0.2) is 0 Å². The van der Waals surface area contributed by atoms with E-state index >= 15 is 0 Å². The summed E-state index contributed by atoms with van der Waals surface area (Å²) in [5, 5.41) is 10.4. The molecular formula is C8H4F3O2S-. The largest absolute Gasteiger partial charge is 0.545 e. The molecule has 1 aromatic rings. The number of halogens is 3. The maximum Gasteiger partial charge on any atom is 0.446 e. The Labute approximate surface area is 81.7 Å². The first kappa shape index (κ1) is 10.9. The standard InChI is InChI=1S/C8H5F3O2S/c9-8(10,11)14-6-4-2-1-3-5(6)7(12)13/h1-4H,(H,12,13)/p-1. The van der Waals surface area contributed by atoms with Gasteiger partial charge >= 0.3 is 5.51 Å². The molecule has 0 radical (unpaired) electrons. The number of hydrogen-bond acceptors (Lipinski definition) is 3. The number of carboxylic acids is 1. The number of carbonyl (C=O) groups is 1. The van der Waals surface area contributed by atoms with Crippen molar-refractivity contribution in [3.63, 3.8) is 0 Å². The maximum atomic E-state index is 11.9. The number of carboxylic acid groups (broad SMARTS) is 1. The molecule has 0 amide bonds. The van der Waals surface area contributed by atoms with Crippen molar-refractivity contribution in [1.82, 2.24) is 0 Å². The van der Waals surface area contributed by atoms with Gasteiger partial charge in [0.05, 0.1) is 5.97 Å². The van der Waals surface area contributed by atoms with Crippen molar-refractivity contribution in [2.75, 3.05) is 0 Å². The third-order valence-electron chi connectivity index (χ3n) is 1.33. The molecule has 1 rings (SSSR count). The number of rotatable bonds is 2. The average Bonchev–Trinajstić information content (AvgIpc) is 2.01. The van der Waals surface area contributed by atoms with Crippen molar-refractivity contribution in [3.8, 4) is 0 Å². The molecule has 0 atom stereocenters. The van der Waals surface area contributed by atoms with E-state index in [1.54, 1.807) is 0 Å². The van der Waals surface area contributed by atoms with E-state index < -0.39 is 28.8 Å². The van der Waals surface area contributed by atoms with Crippen LogP contribution in [0.5, 0.6) is 0 Å². The highest BCUT2D eigenvalue weighted by molar-refractivity contribution is 8.00. The van der Waals surface area contributed by atoms with Crippen molar-refractivity contribution in [3.05, 3.63) is 29.8 Å². The topological polar surface area (TPSA) is 40.1 Å². The lowest BCUT2D eigenvalue weighted by Crippen LogP contribution is -2.23. The minimum atomic E-state index is -4.49. The number of alkyl halides is 3. The molecule has 0 aliphatic carbocycles. The monoisotopic (exact) mass is 221 g/mol. The Balaban J connectivity index is 3.02. The van der Waals surface area contributed by atoms with E-state index in [0.717, 1.165) is 12.1 Å².